The number of anilines is 3. The number of benzene rings is 3. The molecule has 178 valence electrons. The van der Waals surface area contributed by atoms with Crippen LogP contribution in [-0.2, 0) is 19.6 Å². The van der Waals surface area contributed by atoms with Gasteiger partial charge >= 0.3 is 0 Å². The first kappa shape index (κ1) is 24.4. The molecular formula is C23H16Cl2N4O5S. The molecule has 1 heterocycles. The van der Waals surface area contributed by atoms with E-state index in [1.807, 2.05) is 0 Å². The van der Waals surface area contributed by atoms with Crippen molar-refractivity contribution in [2.75, 3.05) is 15.5 Å². The molecule has 3 amide bonds. The highest BCUT2D eigenvalue weighted by molar-refractivity contribution is 7.89. The van der Waals surface area contributed by atoms with Gasteiger partial charge in [-0.2, -0.15) is 0 Å². The third-order valence-corrected chi connectivity index (χ3v) is 6.50. The Morgan fingerprint density at radius 2 is 1.37 bits per heavy atom. The summed E-state index contributed by atoms with van der Waals surface area (Å²) in [4.78, 5) is 38.7. The van der Waals surface area contributed by atoms with E-state index in [9.17, 15) is 22.8 Å². The van der Waals surface area contributed by atoms with Crippen LogP contribution in [0.1, 0.15) is 10.4 Å². The van der Waals surface area contributed by atoms with Crippen molar-refractivity contribution >= 4 is 68.0 Å². The number of hydrogen-bond donors (Lipinski definition) is 3. The summed E-state index contributed by atoms with van der Waals surface area (Å²) in [7, 11) is -3.83. The Labute approximate surface area is 210 Å². The normalized spacial score (nSPS) is 13.9. The zero-order valence-electron chi connectivity index (χ0n) is 17.7. The molecule has 0 radical (unpaired) electrons. The van der Waals surface area contributed by atoms with Crippen molar-refractivity contribution in [1.82, 2.24) is 0 Å². The molecule has 35 heavy (non-hydrogen) atoms. The third-order valence-electron chi connectivity index (χ3n) is 4.97. The van der Waals surface area contributed by atoms with E-state index in [4.69, 9.17) is 28.3 Å². The molecule has 0 aliphatic carbocycles. The van der Waals surface area contributed by atoms with Crippen LogP contribution in [0.2, 0.25) is 5.02 Å². The Balaban J connectivity index is 1.45. The lowest BCUT2D eigenvalue weighted by Crippen LogP contribution is -2.32. The van der Waals surface area contributed by atoms with E-state index >= 15 is 0 Å². The fourth-order valence-corrected chi connectivity index (χ4v) is 4.07. The highest BCUT2D eigenvalue weighted by Crippen LogP contribution is 2.30. The number of imide groups is 1. The number of nitrogens with one attached hydrogen (secondary N) is 2. The van der Waals surface area contributed by atoms with Gasteiger partial charge in [-0.25, -0.2) is 18.5 Å². The number of nitrogens with zero attached hydrogens (tertiary/aromatic N) is 1. The van der Waals surface area contributed by atoms with E-state index in [1.54, 1.807) is 24.3 Å². The van der Waals surface area contributed by atoms with Gasteiger partial charge in [-0.15, -0.1) is 0 Å². The van der Waals surface area contributed by atoms with Gasteiger partial charge in [-0.1, -0.05) is 23.2 Å². The fourth-order valence-electron chi connectivity index (χ4n) is 3.22. The van der Waals surface area contributed by atoms with E-state index in [1.165, 1.54) is 48.5 Å². The maximum atomic E-state index is 12.8. The van der Waals surface area contributed by atoms with E-state index in [0.717, 1.165) is 4.90 Å². The quantitative estimate of drug-likeness (QED) is 0.415. The van der Waals surface area contributed by atoms with Crippen LogP contribution in [0.3, 0.4) is 0 Å². The first-order chi connectivity index (χ1) is 16.5. The maximum Gasteiger partial charge on any atom is 0.283 e. The highest BCUT2D eigenvalue weighted by atomic mass is 35.5. The van der Waals surface area contributed by atoms with Crippen molar-refractivity contribution in [2.45, 2.75) is 4.90 Å². The molecule has 0 saturated heterocycles. The van der Waals surface area contributed by atoms with Crippen molar-refractivity contribution in [2.24, 2.45) is 5.14 Å². The summed E-state index contributed by atoms with van der Waals surface area (Å²) in [5.41, 5.74) is 1.31. The predicted molar refractivity (Wildman–Crippen MR) is 133 cm³/mol. The lowest BCUT2D eigenvalue weighted by atomic mass is 10.2. The second-order valence-corrected chi connectivity index (χ2v) is 9.71. The number of carbonyl (C=O) groups excluding carboxylic acids is 3. The number of halogens is 2. The lowest BCUT2D eigenvalue weighted by Gasteiger charge is -2.15. The number of hydrogen-bond acceptors (Lipinski definition) is 6. The zero-order chi connectivity index (χ0) is 25.3. The standard InChI is InChI=1S/C23H16Cl2N4O5S/c24-14-3-9-17(10-4-14)29-22(31)19(25)20(23(29)32)27-15-5-1-13(2-6-15)21(30)28-16-7-11-18(12-8-16)35(26,33)34/h1-12,27H,(H,28,30)(H2,26,33,34). The summed E-state index contributed by atoms with van der Waals surface area (Å²) < 4.78 is 22.7. The Morgan fingerprint density at radius 1 is 0.800 bits per heavy atom. The molecule has 4 rings (SSSR count). The molecule has 0 aromatic heterocycles. The number of carbonyl (C=O) groups is 3. The molecule has 4 N–H and O–H groups in total. The predicted octanol–water partition coefficient (Wildman–Crippen LogP) is 3.68. The second-order valence-electron chi connectivity index (χ2n) is 7.34. The molecule has 0 fully saturated rings. The number of sulfonamides is 1. The average molecular weight is 531 g/mol. The van der Waals surface area contributed by atoms with Crippen LogP contribution in [0.25, 0.3) is 0 Å². The smallest absolute Gasteiger partial charge is 0.283 e. The summed E-state index contributed by atoms with van der Waals surface area (Å²) >= 11 is 12.0. The monoisotopic (exact) mass is 530 g/mol. The minimum Gasteiger partial charge on any atom is -0.350 e. The SMILES string of the molecule is NS(=O)(=O)c1ccc(NC(=O)c2ccc(NC3=C(Cl)C(=O)N(c4ccc(Cl)cc4)C3=O)cc2)cc1. The molecule has 3 aromatic carbocycles. The van der Waals surface area contributed by atoms with Crippen molar-refractivity contribution in [1.29, 1.82) is 0 Å². The summed E-state index contributed by atoms with van der Waals surface area (Å²) in [6.45, 7) is 0. The zero-order valence-corrected chi connectivity index (χ0v) is 20.0. The minimum absolute atomic E-state index is 0.0755. The third kappa shape index (κ3) is 5.20. The number of rotatable bonds is 6. The first-order valence-electron chi connectivity index (χ1n) is 9.90. The van der Waals surface area contributed by atoms with Gasteiger partial charge in [0.2, 0.25) is 10.0 Å². The Bertz CT molecular complexity index is 1470. The lowest BCUT2D eigenvalue weighted by molar-refractivity contribution is -0.120. The van der Waals surface area contributed by atoms with Crippen LogP contribution < -0.4 is 20.7 Å². The van der Waals surface area contributed by atoms with Crippen molar-refractivity contribution in [3.05, 3.63) is 94.1 Å². The topological polar surface area (TPSA) is 139 Å². The Morgan fingerprint density at radius 3 is 1.94 bits per heavy atom. The summed E-state index contributed by atoms with van der Waals surface area (Å²) in [5.74, 6) is -1.75. The maximum absolute atomic E-state index is 12.8. The van der Waals surface area contributed by atoms with E-state index in [0.29, 0.717) is 27.6 Å². The average Bonchev–Trinajstić information content (AvgIpc) is 3.03. The molecule has 9 nitrogen and oxygen atoms in total. The molecule has 12 heteroatoms. The molecule has 1 aliphatic rings. The molecule has 3 aromatic rings. The van der Waals surface area contributed by atoms with Gasteiger partial charge < -0.3 is 10.6 Å². The van der Waals surface area contributed by atoms with Gasteiger partial charge in [0.15, 0.2) is 0 Å². The van der Waals surface area contributed by atoms with Crippen LogP contribution in [0, 0.1) is 0 Å². The van der Waals surface area contributed by atoms with E-state index < -0.39 is 27.7 Å². The van der Waals surface area contributed by atoms with Crippen molar-refractivity contribution in [3.8, 4) is 0 Å². The second kappa shape index (κ2) is 9.51. The summed E-state index contributed by atoms with van der Waals surface area (Å²) in [5, 5.41) is 10.7. The number of nitrogens with two attached hydrogens (primary N) is 1. The van der Waals surface area contributed by atoms with Crippen LogP contribution in [-0.4, -0.2) is 26.1 Å². The molecule has 0 spiro atoms. The van der Waals surface area contributed by atoms with Crippen molar-refractivity contribution < 1.29 is 22.8 Å². The first-order valence-corrected chi connectivity index (χ1v) is 12.2. The van der Waals surface area contributed by atoms with Gasteiger partial charge in [0, 0.05) is 22.0 Å². The number of primary sulfonamides is 1. The van der Waals surface area contributed by atoms with Crippen LogP contribution in [0.4, 0.5) is 17.1 Å². The van der Waals surface area contributed by atoms with Gasteiger partial charge in [0.05, 0.1) is 10.6 Å². The van der Waals surface area contributed by atoms with Gasteiger partial charge in [-0.05, 0) is 72.8 Å². The summed E-state index contributed by atoms with van der Waals surface area (Å²) in [6, 6.07) is 17.6. The largest absolute Gasteiger partial charge is 0.350 e. The van der Waals surface area contributed by atoms with Crippen LogP contribution in [0.5, 0.6) is 0 Å². The van der Waals surface area contributed by atoms with Crippen LogP contribution in [0.15, 0.2) is 88.4 Å². The Kier molecular flexibility index (Phi) is 6.64. The van der Waals surface area contributed by atoms with Gasteiger partial charge in [0.25, 0.3) is 17.7 Å². The van der Waals surface area contributed by atoms with Gasteiger partial charge in [-0.3, -0.25) is 14.4 Å². The molecule has 0 saturated carbocycles. The molecule has 1 aliphatic heterocycles. The summed E-state index contributed by atoms with van der Waals surface area (Å²) in [6.07, 6.45) is 0. The molecular weight excluding hydrogens is 515 g/mol. The molecule has 0 bridgehead atoms. The minimum atomic E-state index is -3.83. The number of amides is 3. The van der Waals surface area contributed by atoms with Gasteiger partial charge in [0.1, 0.15) is 10.7 Å². The highest BCUT2D eigenvalue weighted by Gasteiger charge is 2.38. The molecule has 0 unspecified atom stereocenters. The van der Waals surface area contributed by atoms with Crippen LogP contribution >= 0.6 is 23.2 Å². The molecule has 0 atom stereocenters. The van der Waals surface area contributed by atoms with Crippen molar-refractivity contribution in [3.63, 3.8) is 0 Å². The van der Waals surface area contributed by atoms with E-state index in [2.05, 4.69) is 10.6 Å². The fraction of sp³-hybridized carbons (Fsp3) is 0. The van der Waals surface area contributed by atoms with E-state index in [-0.39, 0.29) is 15.6 Å². The Hall–Kier alpha value is -3.70.